The third-order valence-electron chi connectivity index (χ3n) is 4.44. The molecule has 4 rings (SSSR count). The van der Waals surface area contributed by atoms with E-state index in [0.29, 0.717) is 42.9 Å². The van der Waals surface area contributed by atoms with Crippen LogP contribution in [0.25, 0.3) is 17.4 Å². The number of hydrogen-bond donors (Lipinski definition) is 2. The molecule has 2 heterocycles. The molecule has 2 aromatic carbocycles. The van der Waals surface area contributed by atoms with Gasteiger partial charge in [-0.05, 0) is 60.6 Å². The first kappa shape index (κ1) is 21.2. The summed E-state index contributed by atoms with van der Waals surface area (Å²) in [6.45, 7) is 1.81. The minimum absolute atomic E-state index is 0.122. The maximum atomic E-state index is 12.4. The van der Waals surface area contributed by atoms with Crippen molar-refractivity contribution in [3.8, 4) is 11.3 Å². The molecule has 0 spiro atoms. The van der Waals surface area contributed by atoms with Crippen molar-refractivity contribution in [2.24, 2.45) is 4.99 Å². The highest BCUT2D eigenvalue weighted by Gasteiger charge is 2.25. The number of furan rings is 1. The van der Waals surface area contributed by atoms with Gasteiger partial charge in [-0.25, -0.2) is 9.79 Å². The minimum atomic E-state index is -1.04. The molecular formula is C22H14Cl2N2O4S. The Hall–Kier alpha value is -3.00. The van der Waals surface area contributed by atoms with Gasteiger partial charge in [0.15, 0.2) is 5.17 Å². The molecule has 0 unspecified atom stereocenters. The normalized spacial score (nSPS) is 16.2. The van der Waals surface area contributed by atoms with E-state index in [4.69, 9.17) is 32.7 Å². The Balaban J connectivity index is 1.60. The van der Waals surface area contributed by atoms with E-state index in [2.05, 4.69) is 10.3 Å². The van der Waals surface area contributed by atoms with Crippen LogP contribution in [0.2, 0.25) is 10.0 Å². The molecule has 0 bridgehead atoms. The fraction of sp³-hybridized carbons (Fsp3) is 0.0455. The van der Waals surface area contributed by atoms with Gasteiger partial charge >= 0.3 is 5.97 Å². The lowest BCUT2D eigenvalue weighted by Gasteiger charge is -2.03. The fourth-order valence-electron chi connectivity index (χ4n) is 2.88. The zero-order chi connectivity index (χ0) is 22.1. The lowest BCUT2D eigenvalue weighted by molar-refractivity contribution is -0.115. The van der Waals surface area contributed by atoms with E-state index in [1.165, 1.54) is 12.1 Å². The van der Waals surface area contributed by atoms with Gasteiger partial charge in [0, 0.05) is 6.08 Å². The summed E-state index contributed by atoms with van der Waals surface area (Å²) in [7, 11) is 0. The molecule has 0 radical (unpaired) electrons. The highest BCUT2D eigenvalue weighted by molar-refractivity contribution is 8.18. The van der Waals surface area contributed by atoms with Crippen molar-refractivity contribution in [1.82, 2.24) is 5.32 Å². The van der Waals surface area contributed by atoms with E-state index in [9.17, 15) is 9.59 Å². The average Bonchev–Trinajstić information content (AvgIpc) is 3.30. The highest BCUT2D eigenvalue weighted by atomic mass is 35.5. The average molecular weight is 473 g/mol. The number of thioether (sulfide) groups is 1. The smallest absolute Gasteiger partial charge is 0.335 e. The topological polar surface area (TPSA) is 91.9 Å². The Kier molecular flexibility index (Phi) is 5.91. The molecule has 1 fully saturated rings. The molecule has 3 aromatic rings. The van der Waals surface area contributed by atoms with Crippen LogP contribution in [0.3, 0.4) is 0 Å². The molecule has 1 aliphatic heterocycles. The summed E-state index contributed by atoms with van der Waals surface area (Å²) in [5.41, 5.74) is 1.96. The number of nitrogens with one attached hydrogen (secondary N) is 1. The predicted molar refractivity (Wildman–Crippen MR) is 123 cm³/mol. The zero-order valence-corrected chi connectivity index (χ0v) is 18.3. The number of carbonyl (C=O) groups is 2. The van der Waals surface area contributed by atoms with Crippen LogP contribution in [0.1, 0.15) is 21.7 Å². The minimum Gasteiger partial charge on any atom is -0.478 e. The van der Waals surface area contributed by atoms with Gasteiger partial charge in [-0.15, -0.1) is 0 Å². The van der Waals surface area contributed by atoms with Crippen molar-refractivity contribution < 1.29 is 19.1 Å². The van der Waals surface area contributed by atoms with Gasteiger partial charge in [0.25, 0.3) is 5.91 Å². The summed E-state index contributed by atoms with van der Waals surface area (Å²) in [4.78, 5) is 28.3. The first-order chi connectivity index (χ1) is 14.8. The number of aromatic carboxylic acids is 1. The Bertz CT molecular complexity index is 1260. The Morgan fingerprint density at radius 1 is 1.16 bits per heavy atom. The summed E-state index contributed by atoms with van der Waals surface area (Å²) >= 11 is 13.6. The number of carbonyl (C=O) groups excluding carboxylic acids is 1. The molecule has 0 atom stereocenters. The Morgan fingerprint density at radius 3 is 2.61 bits per heavy atom. The van der Waals surface area contributed by atoms with Crippen LogP contribution >= 0.6 is 35.0 Å². The second kappa shape index (κ2) is 8.63. The summed E-state index contributed by atoms with van der Waals surface area (Å²) in [5.74, 6) is -0.434. The maximum absolute atomic E-state index is 12.4. The Morgan fingerprint density at radius 2 is 1.90 bits per heavy atom. The summed E-state index contributed by atoms with van der Waals surface area (Å²) < 4.78 is 5.81. The first-order valence-electron chi connectivity index (χ1n) is 8.99. The number of benzene rings is 2. The van der Waals surface area contributed by atoms with Crippen LogP contribution in [0, 0.1) is 6.92 Å². The molecular weight excluding hydrogens is 459 g/mol. The standard InChI is InChI=1S/C22H14Cl2N2O4S/c1-11-5-6-12(21(28)29)9-16(11)25-22-26-20(27)18(31-22)10-13-7-8-17(30-13)19-14(23)3-2-4-15(19)24/h2-10H,1H3,(H,28,29)(H,25,26,27)/b18-10+. The van der Waals surface area contributed by atoms with Crippen LogP contribution in [0.5, 0.6) is 0 Å². The van der Waals surface area contributed by atoms with Crippen molar-refractivity contribution in [3.05, 3.63) is 80.4 Å². The van der Waals surface area contributed by atoms with Crippen LogP contribution in [0.15, 0.2) is 62.8 Å². The van der Waals surface area contributed by atoms with Crippen molar-refractivity contribution in [2.75, 3.05) is 0 Å². The molecule has 0 aliphatic carbocycles. The number of carboxylic acids is 1. The molecule has 0 saturated carbocycles. The molecule has 1 saturated heterocycles. The van der Waals surface area contributed by atoms with E-state index in [1.54, 1.807) is 42.5 Å². The number of hydrogen-bond acceptors (Lipinski definition) is 5. The van der Waals surface area contributed by atoms with Gasteiger partial charge in [-0.1, -0.05) is 35.3 Å². The summed E-state index contributed by atoms with van der Waals surface area (Å²) in [6.07, 6.45) is 1.59. The number of amides is 1. The largest absolute Gasteiger partial charge is 0.478 e. The van der Waals surface area contributed by atoms with E-state index >= 15 is 0 Å². The number of aryl methyl sites for hydroxylation is 1. The lowest BCUT2D eigenvalue weighted by Crippen LogP contribution is -2.19. The van der Waals surface area contributed by atoms with E-state index in [1.807, 2.05) is 6.92 Å². The molecule has 6 nitrogen and oxygen atoms in total. The third kappa shape index (κ3) is 4.54. The van der Waals surface area contributed by atoms with Crippen LogP contribution in [0.4, 0.5) is 5.69 Å². The van der Waals surface area contributed by atoms with Crippen LogP contribution < -0.4 is 5.32 Å². The summed E-state index contributed by atoms with van der Waals surface area (Å²) in [6, 6.07) is 13.3. The molecule has 2 N–H and O–H groups in total. The summed E-state index contributed by atoms with van der Waals surface area (Å²) in [5, 5.41) is 13.1. The third-order valence-corrected chi connectivity index (χ3v) is 5.98. The lowest BCUT2D eigenvalue weighted by atomic mass is 10.1. The van der Waals surface area contributed by atoms with Crippen molar-refractivity contribution >= 4 is 63.8 Å². The predicted octanol–water partition coefficient (Wildman–Crippen LogP) is 6.15. The van der Waals surface area contributed by atoms with Crippen molar-refractivity contribution in [1.29, 1.82) is 0 Å². The van der Waals surface area contributed by atoms with Crippen molar-refractivity contribution in [2.45, 2.75) is 6.92 Å². The van der Waals surface area contributed by atoms with Gasteiger partial charge in [-0.2, -0.15) is 0 Å². The molecule has 31 heavy (non-hydrogen) atoms. The second-order valence-corrected chi connectivity index (χ2v) is 8.43. The number of rotatable bonds is 4. The zero-order valence-electron chi connectivity index (χ0n) is 16.0. The number of halogens is 2. The molecule has 156 valence electrons. The van der Waals surface area contributed by atoms with Crippen LogP contribution in [-0.2, 0) is 4.79 Å². The number of amidine groups is 1. The van der Waals surface area contributed by atoms with Gasteiger partial charge < -0.3 is 14.8 Å². The maximum Gasteiger partial charge on any atom is 0.335 e. The van der Waals surface area contributed by atoms with Gasteiger partial charge in [0.2, 0.25) is 0 Å². The monoisotopic (exact) mass is 472 g/mol. The van der Waals surface area contributed by atoms with E-state index in [0.717, 1.165) is 17.3 Å². The molecule has 1 aromatic heterocycles. The van der Waals surface area contributed by atoms with Crippen molar-refractivity contribution in [3.63, 3.8) is 0 Å². The number of carboxylic acid groups (broad SMARTS) is 1. The van der Waals surface area contributed by atoms with E-state index < -0.39 is 5.97 Å². The Labute approximate surface area is 191 Å². The quantitative estimate of drug-likeness (QED) is 0.444. The number of nitrogens with zero attached hydrogens (tertiary/aromatic N) is 1. The molecule has 1 amide bonds. The fourth-order valence-corrected chi connectivity index (χ4v) is 4.28. The van der Waals surface area contributed by atoms with Gasteiger partial charge in [0.1, 0.15) is 11.5 Å². The molecule has 9 heteroatoms. The van der Waals surface area contributed by atoms with E-state index in [-0.39, 0.29) is 11.5 Å². The number of aliphatic imine (C=N–C) groups is 1. The van der Waals surface area contributed by atoms with Crippen LogP contribution in [-0.4, -0.2) is 22.2 Å². The highest BCUT2D eigenvalue weighted by Crippen LogP contribution is 2.36. The molecule has 1 aliphatic rings. The van der Waals surface area contributed by atoms with Gasteiger partial charge in [0.05, 0.1) is 31.8 Å². The van der Waals surface area contributed by atoms with Gasteiger partial charge in [-0.3, -0.25) is 4.79 Å². The SMILES string of the molecule is Cc1ccc(C(=O)O)cc1N=C1NC(=O)/C(=C\c2ccc(-c3c(Cl)cccc3Cl)o2)S1. The first-order valence-corrected chi connectivity index (χ1v) is 10.6. The second-order valence-electron chi connectivity index (χ2n) is 6.59.